The molecule has 7 aromatic carbocycles. The molecule has 8 heteroatoms. The first kappa shape index (κ1) is 31.8. The number of fused-ring (bicyclic) bond motifs is 9. The minimum atomic E-state index is 0.546. The van der Waals surface area contributed by atoms with Crippen LogP contribution in [0.2, 0.25) is 0 Å². The van der Waals surface area contributed by atoms with E-state index in [1.54, 1.807) is 11.3 Å². The van der Waals surface area contributed by atoms with Gasteiger partial charge in [0.1, 0.15) is 28.0 Å². The van der Waals surface area contributed by atoms with Crippen LogP contribution in [0.1, 0.15) is 0 Å². The molecular formula is C49H27N5O2S. The molecule has 0 radical (unpaired) electrons. The Balaban J connectivity index is 1.09. The Morgan fingerprint density at radius 2 is 0.930 bits per heavy atom. The van der Waals surface area contributed by atoms with Gasteiger partial charge in [-0.05, 0) is 36.4 Å². The first-order chi connectivity index (χ1) is 28.2. The number of benzene rings is 7. The van der Waals surface area contributed by atoms with E-state index < -0.39 is 0 Å². The van der Waals surface area contributed by atoms with Crippen LogP contribution in [0.5, 0.6) is 0 Å². The highest BCUT2D eigenvalue weighted by Crippen LogP contribution is 2.45. The molecule has 0 bridgehead atoms. The lowest BCUT2D eigenvalue weighted by atomic mass is 10.0. The number of nitrogens with zero attached hydrogens (tertiary/aromatic N) is 5. The van der Waals surface area contributed by atoms with Crippen molar-refractivity contribution < 1.29 is 8.83 Å². The summed E-state index contributed by atoms with van der Waals surface area (Å²) in [4.78, 5) is 25.9. The SMILES string of the molecule is c1ccc(-c2nc(-c3cccc4c3oc3ccccc34)nc(-c3cccc4c3sc3cccc(-c5nc(-c6ccccc6)c6oc7ccccc7c6n5)c34)n2)cc1. The number of hydrogen-bond acceptors (Lipinski definition) is 8. The average molecular weight is 750 g/mol. The van der Waals surface area contributed by atoms with Crippen LogP contribution in [0, 0.1) is 0 Å². The molecule has 0 atom stereocenters. The molecule has 5 aromatic heterocycles. The van der Waals surface area contributed by atoms with Gasteiger partial charge in [-0.2, -0.15) is 0 Å². The van der Waals surface area contributed by atoms with E-state index in [2.05, 4.69) is 66.7 Å². The van der Waals surface area contributed by atoms with Gasteiger partial charge in [0.25, 0.3) is 0 Å². The Kier molecular flexibility index (Phi) is 6.96. The van der Waals surface area contributed by atoms with Gasteiger partial charge in [0.15, 0.2) is 28.9 Å². The largest absolute Gasteiger partial charge is 0.455 e. The van der Waals surface area contributed by atoms with Gasteiger partial charge in [0.2, 0.25) is 0 Å². The van der Waals surface area contributed by atoms with Crippen molar-refractivity contribution in [1.29, 1.82) is 0 Å². The molecule has 12 rings (SSSR count). The molecule has 0 amide bonds. The Bertz CT molecular complexity index is 3540. The van der Waals surface area contributed by atoms with Gasteiger partial charge in [-0.3, -0.25) is 0 Å². The summed E-state index contributed by atoms with van der Waals surface area (Å²) in [5, 5.41) is 5.18. The zero-order valence-corrected chi connectivity index (χ0v) is 30.9. The first-order valence-corrected chi connectivity index (χ1v) is 19.5. The average Bonchev–Trinajstić information content (AvgIpc) is 3.98. The lowest BCUT2D eigenvalue weighted by Gasteiger charge is -2.10. The molecule has 0 aliphatic carbocycles. The minimum absolute atomic E-state index is 0.546. The van der Waals surface area contributed by atoms with Gasteiger partial charge < -0.3 is 8.83 Å². The van der Waals surface area contributed by atoms with Gasteiger partial charge in [0, 0.05) is 58.6 Å². The molecule has 0 saturated carbocycles. The molecule has 0 aliphatic rings. The van der Waals surface area contributed by atoms with Crippen molar-refractivity contribution in [3.8, 4) is 56.8 Å². The van der Waals surface area contributed by atoms with E-state index in [0.717, 1.165) is 92.1 Å². The molecule has 0 saturated heterocycles. The van der Waals surface area contributed by atoms with Gasteiger partial charge >= 0.3 is 0 Å². The lowest BCUT2D eigenvalue weighted by molar-refractivity contribution is 0.667. The van der Waals surface area contributed by atoms with Gasteiger partial charge in [-0.1, -0.05) is 127 Å². The van der Waals surface area contributed by atoms with Gasteiger partial charge in [0.05, 0.1) is 5.56 Å². The van der Waals surface area contributed by atoms with Crippen molar-refractivity contribution in [2.75, 3.05) is 0 Å². The van der Waals surface area contributed by atoms with E-state index in [1.807, 2.05) is 97.1 Å². The summed E-state index contributed by atoms with van der Waals surface area (Å²) in [6.07, 6.45) is 0. The quantitative estimate of drug-likeness (QED) is 0.173. The molecule has 0 spiro atoms. The second-order valence-electron chi connectivity index (χ2n) is 14.0. The topological polar surface area (TPSA) is 90.7 Å². The monoisotopic (exact) mass is 749 g/mol. The van der Waals surface area contributed by atoms with Crippen LogP contribution in [0.4, 0.5) is 0 Å². The third kappa shape index (κ3) is 5.01. The van der Waals surface area contributed by atoms with Crippen LogP contribution in [0.3, 0.4) is 0 Å². The number of furan rings is 2. The van der Waals surface area contributed by atoms with E-state index in [4.69, 9.17) is 33.8 Å². The summed E-state index contributed by atoms with van der Waals surface area (Å²) in [5.74, 6) is 2.35. The van der Waals surface area contributed by atoms with Crippen molar-refractivity contribution >= 4 is 75.5 Å². The fourth-order valence-electron chi connectivity index (χ4n) is 7.97. The first-order valence-electron chi connectivity index (χ1n) is 18.7. The predicted molar refractivity (Wildman–Crippen MR) is 230 cm³/mol. The zero-order chi connectivity index (χ0) is 37.5. The van der Waals surface area contributed by atoms with E-state index in [0.29, 0.717) is 28.9 Å². The van der Waals surface area contributed by atoms with Crippen LogP contribution in [0.25, 0.3) is 121 Å². The maximum atomic E-state index is 6.46. The Morgan fingerprint density at radius 3 is 1.74 bits per heavy atom. The van der Waals surface area contributed by atoms with E-state index >= 15 is 0 Å². The van der Waals surface area contributed by atoms with E-state index in [-0.39, 0.29) is 0 Å². The van der Waals surface area contributed by atoms with Crippen molar-refractivity contribution in [2.45, 2.75) is 0 Å². The van der Waals surface area contributed by atoms with Crippen molar-refractivity contribution in [1.82, 2.24) is 24.9 Å². The zero-order valence-electron chi connectivity index (χ0n) is 30.0. The summed E-state index contributed by atoms with van der Waals surface area (Å²) < 4.78 is 15.0. The molecule has 266 valence electrons. The second-order valence-corrected chi connectivity index (χ2v) is 15.0. The number of para-hydroxylation sites is 3. The molecule has 7 nitrogen and oxygen atoms in total. The maximum absolute atomic E-state index is 6.46. The normalized spacial score (nSPS) is 11.9. The third-order valence-corrected chi connectivity index (χ3v) is 11.8. The van der Waals surface area contributed by atoms with Crippen LogP contribution in [-0.2, 0) is 0 Å². The summed E-state index contributed by atoms with van der Waals surface area (Å²) in [6.45, 7) is 0. The van der Waals surface area contributed by atoms with Crippen molar-refractivity contribution in [2.24, 2.45) is 0 Å². The molecule has 57 heavy (non-hydrogen) atoms. The number of hydrogen-bond donors (Lipinski definition) is 0. The van der Waals surface area contributed by atoms with E-state index in [9.17, 15) is 0 Å². The summed E-state index contributed by atoms with van der Waals surface area (Å²) >= 11 is 1.72. The molecule has 12 aromatic rings. The lowest BCUT2D eigenvalue weighted by Crippen LogP contribution is -2.00. The van der Waals surface area contributed by atoms with E-state index in [1.165, 1.54) is 0 Å². The number of thiophene rings is 1. The molecular weight excluding hydrogens is 723 g/mol. The Hall–Kier alpha value is -7.55. The molecule has 5 heterocycles. The fraction of sp³-hybridized carbons (Fsp3) is 0. The second kappa shape index (κ2) is 12.5. The Labute approximate surface area is 328 Å². The van der Waals surface area contributed by atoms with Gasteiger partial charge in [-0.25, -0.2) is 24.9 Å². The van der Waals surface area contributed by atoms with Crippen LogP contribution < -0.4 is 0 Å². The molecule has 0 fully saturated rings. The fourth-order valence-corrected chi connectivity index (χ4v) is 9.21. The Morgan fingerprint density at radius 1 is 0.368 bits per heavy atom. The molecule has 0 unspecified atom stereocenters. The van der Waals surface area contributed by atoms with Crippen LogP contribution in [-0.4, -0.2) is 24.9 Å². The van der Waals surface area contributed by atoms with Crippen LogP contribution in [0.15, 0.2) is 173 Å². The molecule has 0 aliphatic heterocycles. The molecule has 0 N–H and O–H groups in total. The highest BCUT2D eigenvalue weighted by molar-refractivity contribution is 7.26. The summed E-state index contributed by atoms with van der Waals surface area (Å²) in [6, 6.07) is 55.2. The van der Waals surface area contributed by atoms with Crippen LogP contribution >= 0.6 is 11.3 Å². The van der Waals surface area contributed by atoms with Crippen molar-refractivity contribution in [3.05, 3.63) is 164 Å². The van der Waals surface area contributed by atoms with Gasteiger partial charge in [-0.15, -0.1) is 11.3 Å². The standard InChI is InChI=1S/C49H27N5O2S/c1-3-14-28(15-4-1)41-44-42(32-19-8-10-26-38(32)56-44)51-47(50-41)34-22-13-27-39-40(34)33-21-12-24-36(45(33)57-39)49-53-46(29-16-5-2-6-17-29)52-48(54-49)35-23-11-20-31-30-18-7-9-25-37(30)55-43(31)35/h1-27H. The number of rotatable bonds is 5. The summed E-state index contributed by atoms with van der Waals surface area (Å²) in [5.41, 5.74) is 9.11. The highest BCUT2D eigenvalue weighted by atomic mass is 32.1. The highest BCUT2D eigenvalue weighted by Gasteiger charge is 2.23. The minimum Gasteiger partial charge on any atom is -0.455 e. The third-order valence-electron chi connectivity index (χ3n) is 10.6. The predicted octanol–water partition coefficient (Wildman–Crippen LogP) is 13.2. The maximum Gasteiger partial charge on any atom is 0.180 e. The number of aromatic nitrogens is 5. The summed E-state index contributed by atoms with van der Waals surface area (Å²) in [7, 11) is 0. The van der Waals surface area contributed by atoms with Crippen molar-refractivity contribution in [3.63, 3.8) is 0 Å². The smallest absolute Gasteiger partial charge is 0.180 e.